The van der Waals surface area contributed by atoms with E-state index in [4.69, 9.17) is 0 Å². The zero-order valence-corrected chi connectivity index (χ0v) is 8.78. The number of hydrogen-bond donors (Lipinski definition) is 1. The molecule has 0 radical (unpaired) electrons. The van der Waals surface area contributed by atoms with Crippen molar-refractivity contribution in [3.63, 3.8) is 0 Å². The molecular formula is C8H6IN3O. The summed E-state index contributed by atoms with van der Waals surface area (Å²) in [4.78, 5) is 18.2. The molecule has 2 rings (SSSR count). The van der Waals surface area contributed by atoms with Gasteiger partial charge in [0.05, 0.1) is 6.20 Å². The van der Waals surface area contributed by atoms with Crippen molar-refractivity contribution in [2.24, 2.45) is 0 Å². The van der Waals surface area contributed by atoms with Gasteiger partial charge in [-0.15, -0.1) is 0 Å². The molecule has 1 N–H and O–H groups in total. The van der Waals surface area contributed by atoms with E-state index in [1.807, 2.05) is 0 Å². The lowest BCUT2D eigenvalue weighted by Gasteiger charge is -1.95. The average molecular weight is 287 g/mol. The quantitative estimate of drug-likeness (QED) is 0.803. The highest BCUT2D eigenvalue weighted by Gasteiger charge is 2.03. The van der Waals surface area contributed by atoms with E-state index in [1.54, 1.807) is 18.3 Å². The lowest BCUT2D eigenvalue weighted by atomic mass is 10.4. The third-order valence-corrected chi connectivity index (χ3v) is 2.47. The summed E-state index contributed by atoms with van der Waals surface area (Å²) in [7, 11) is 0. The Labute approximate surface area is 87.5 Å². The van der Waals surface area contributed by atoms with Gasteiger partial charge in [0, 0.05) is 11.8 Å². The van der Waals surface area contributed by atoms with Crippen LogP contribution in [0.15, 0.2) is 23.6 Å². The zero-order valence-electron chi connectivity index (χ0n) is 6.62. The number of nitrogens with zero attached hydrogens (tertiary/aromatic N) is 2. The van der Waals surface area contributed by atoms with Gasteiger partial charge in [0.2, 0.25) is 0 Å². The van der Waals surface area contributed by atoms with Crippen LogP contribution in [-0.2, 0) is 0 Å². The van der Waals surface area contributed by atoms with E-state index in [-0.39, 0.29) is 5.69 Å². The van der Waals surface area contributed by atoms with Crippen LogP contribution in [0.4, 0.5) is 0 Å². The molecule has 5 heteroatoms. The van der Waals surface area contributed by atoms with Crippen LogP contribution >= 0.6 is 22.6 Å². The number of H-pyrrole nitrogens is 1. The Kier molecular flexibility index (Phi) is 1.95. The maximum Gasteiger partial charge on any atom is 0.332 e. The van der Waals surface area contributed by atoms with Gasteiger partial charge >= 0.3 is 5.69 Å². The van der Waals surface area contributed by atoms with Crippen molar-refractivity contribution in [3.8, 4) is 0 Å². The molecule has 0 saturated heterocycles. The Morgan fingerprint density at radius 2 is 2.46 bits per heavy atom. The second kappa shape index (κ2) is 2.99. The molecule has 66 valence electrons. The van der Waals surface area contributed by atoms with Crippen LogP contribution in [0, 0.1) is 3.70 Å². The lowest BCUT2D eigenvalue weighted by molar-refractivity contribution is 0.976. The molecule has 13 heavy (non-hydrogen) atoms. The van der Waals surface area contributed by atoms with Gasteiger partial charge in [0.25, 0.3) is 0 Å². The second-order valence-electron chi connectivity index (χ2n) is 2.51. The van der Waals surface area contributed by atoms with E-state index in [1.165, 1.54) is 4.40 Å². The summed E-state index contributed by atoms with van der Waals surface area (Å²) in [5.41, 5.74) is 1.14. The zero-order chi connectivity index (χ0) is 9.42. The van der Waals surface area contributed by atoms with Crippen LogP contribution in [0.3, 0.4) is 0 Å². The Balaban J connectivity index is 2.95. The summed E-state index contributed by atoms with van der Waals surface area (Å²) in [6, 6.07) is 1.77. The molecule has 0 aliphatic heterocycles. The standard InChI is InChI=1S/C8H6IN3O/c1-2-5-3-7-10-4-6(9)12(7)8(13)11-5/h2-4H,1H2,(H,11,13). The van der Waals surface area contributed by atoms with E-state index in [0.29, 0.717) is 11.3 Å². The van der Waals surface area contributed by atoms with Gasteiger partial charge in [-0.2, -0.15) is 0 Å². The summed E-state index contributed by atoms with van der Waals surface area (Å²) in [6.07, 6.45) is 3.24. The number of hydrogen-bond acceptors (Lipinski definition) is 2. The fourth-order valence-electron chi connectivity index (χ4n) is 1.11. The SMILES string of the molecule is C=Cc1cc2ncc(I)n2c(=O)[nH]1. The van der Waals surface area contributed by atoms with Gasteiger partial charge in [-0.05, 0) is 28.7 Å². The molecule has 0 unspecified atom stereocenters. The summed E-state index contributed by atoms with van der Waals surface area (Å²) in [5, 5.41) is 0. The third kappa shape index (κ3) is 1.28. The van der Waals surface area contributed by atoms with Crippen molar-refractivity contribution >= 4 is 34.3 Å². The van der Waals surface area contributed by atoms with Gasteiger partial charge in [0.15, 0.2) is 0 Å². The molecule has 0 saturated carbocycles. The van der Waals surface area contributed by atoms with Crippen molar-refractivity contribution in [3.05, 3.63) is 38.7 Å². The number of aromatic amines is 1. The van der Waals surface area contributed by atoms with Crippen LogP contribution < -0.4 is 5.69 Å². The van der Waals surface area contributed by atoms with E-state index >= 15 is 0 Å². The third-order valence-electron chi connectivity index (χ3n) is 1.70. The molecule has 2 aromatic rings. The summed E-state index contributed by atoms with van der Waals surface area (Å²) < 4.78 is 2.30. The Morgan fingerprint density at radius 1 is 1.69 bits per heavy atom. The number of nitrogens with one attached hydrogen (secondary N) is 1. The first-order valence-electron chi connectivity index (χ1n) is 3.61. The maximum atomic E-state index is 11.5. The predicted molar refractivity (Wildman–Crippen MR) is 58.6 cm³/mol. The highest BCUT2D eigenvalue weighted by molar-refractivity contribution is 14.1. The fraction of sp³-hybridized carbons (Fsp3) is 0. The number of imidazole rings is 1. The molecule has 0 bridgehead atoms. The molecule has 4 nitrogen and oxygen atoms in total. The van der Waals surface area contributed by atoms with Crippen molar-refractivity contribution in [1.82, 2.24) is 14.4 Å². The summed E-state index contributed by atoms with van der Waals surface area (Å²) >= 11 is 2.06. The highest BCUT2D eigenvalue weighted by atomic mass is 127. The molecule has 0 aliphatic rings. The van der Waals surface area contributed by atoms with Gasteiger partial charge in [-0.1, -0.05) is 6.58 Å². The number of rotatable bonds is 1. The number of halogens is 1. The first-order chi connectivity index (χ1) is 6.22. The molecule has 0 atom stereocenters. The topological polar surface area (TPSA) is 50.2 Å². The Hall–Kier alpha value is -1.11. The Bertz CT molecular complexity index is 526. The second-order valence-corrected chi connectivity index (χ2v) is 3.61. The molecule has 0 aromatic carbocycles. The molecule has 2 heterocycles. The molecule has 0 amide bonds. The van der Waals surface area contributed by atoms with E-state index in [0.717, 1.165) is 3.70 Å². The van der Waals surface area contributed by atoms with Crippen molar-refractivity contribution in [2.75, 3.05) is 0 Å². The minimum absolute atomic E-state index is 0.186. The van der Waals surface area contributed by atoms with E-state index < -0.39 is 0 Å². The first kappa shape index (κ1) is 8.49. The average Bonchev–Trinajstić information content (AvgIpc) is 2.48. The van der Waals surface area contributed by atoms with Gasteiger partial charge in [0.1, 0.15) is 9.35 Å². The van der Waals surface area contributed by atoms with Crippen molar-refractivity contribution < 1.29 is 0 Å². The smallest absolute Gasteiger partial charge is 0.307 e. The van der Waals surface area contributed by atoms with Crippen LogP contribution in [0.25, 0.3) is 11.7 Å². The minimum Gasteiger partial charge on any atom is -0.307 e. The van der Waals surface area contributed by atoms with E-state index in [9.17, 15) is 4.79 Å². The van der Waals surface area contributed by atoms with Gasteiger partial charge in [-0.3, -0.25) is 0 Å². The van der Waals surface area contributed by atoms with Crippen molar-refractivity contribution in [2.45, 2.75) is 0 Å². The number of aromatic nitrogens is 3. The first-order valence-corrected chi connectivity index (χ1v) is 4.69. The number of fused-ring (bicyclic) bond motifs is 1. The minimum atomic E-state index is -0.186. The van der Waals surface area contributed by atoms with Crippen LogP contribution in [0.5, 0.6) is 0 Å². The molecule has 2 aromatic heterocycles. The van der Waals surface area contributed by atoms with Crippen molar-refractivity contribution in [1.29, 1.82) is 0 Å². The molecular weight excluding hydrogens is 281 g/mol. The van der Waals surface area contributed by atoms with Gasteiger partial charge < -0.3 is 4.98 Å². The molecule has 0 spiro atoms. The van der Waals surface area contributed by atoms with Crippen LogP contribution in [0.1, 0.15) is 5.69 Å². The van der Waals surface area contributed by atoms with E-state index in [2.05, 4.69) is 39.1 Å². The largest absolute Gasteiger partial charge is 0.332 e. The molecule has 0 fully saturated rings. The monoisotopic (exact) mass is 287 g/mol. The van der Waals surface area contributed by atoms with Crippen LogP contribution in [0.2, 0.25) is 0 Å². The lowest BCUT2D eigenvalue weighted by Crippen LogP contribution is -2.17. The maximum absolute atomic E-state index is 11.5. The highest BCUT2D eigenvalue weighted by Crippen LogP contribution is 2.06. The summed E-state index contributed by atoms with van der Waals surface area (Å²) in [5.74, 6) is 0. The normalized spacial score (nSPS) is 10.5. The molecule has 0 aliphatic carbocycles. The Morgan fingerprint density at radius 3 is 3.15 bits per heavy atom. The predicted octanol–water partition coefficient (Wildman–Crippen LogP) is 1.27. The van der Waals surface area contributed by atoms with Crippen LogP contribution in [-0.4, -0.2) is 14.4 Å². The summed E-state index contributed by atoms with van der Waals surface area (Å²) in [6.45, 7) is 3.58. The van der Waals surface area contributed by atoms with Gasteiger partial charge in [-0.25, -0.2) is 14.2 Å². The fourth-order valence-corrected chi connectivity index (χ4v) is 1.72.